The molecule has 1 aromatic rings. The van der Waals surface area contributed by atoms with Crippen LogP contribution in [0.25, 0.3) is 0 Å². The number of benzene rings is 1. The van der Waals surface area contributed by atoms with Crippen molar-refractivity contribution in [1.82, 2.24) is 0 Å². The minimum atomic E-state index is 0.184. The van der Waals surface area contributed by atoms with E-state index in [-0.39, 0.29) is 6.61 Å². The van der Waals surface area contributed by atoms with Crippen LogP contribution in [0, 0.1) is 0 Å². The van der Waals surface area contributed by atoms with E-state index in [4.69, 9.17) is 26.2 Å². The molecule has 0 aliphatic rings. The van der Waals surface area contributed by atoms with Crippen LogP contribution in [0.2, 0.25) is 5.02 Å². The highest BCUT2D eigenvalue weighted by molar-refractivity contribution is 6.31. The quantitative estimate of drug-likeness (QED) is 0.584. The number of ether oxygens (including phenoxy) is 2. The molecule has 1 N–H and O–H groups in total. The largest absolute Gasteiger partial charge is 0.493 e. The summed E-state index contributed by atoms with van der Waals surface area (Å²) < 4.78 is 10.7. The zero-order valence-corrected chi connectivity index (χ0v) is 11.1. The van der Waals surface area contributed by atoms with Gasteiger partial charge in [-0.25, -0.2) is 0 Å². The van der Waals surface area contributed by atoms with E-state index < -0.39 is 0 Å². The molecule has 18 heavy (non-hydrogen) atoms. The second-order valence-corrected chi connectivity index (χ2v) is 4.21. The molecule has 0 fully saturated rings. The first-order chi connectivity index (χ1) is 8.72. The van der Waals surface area contributed by atoms with E-state index in [2.05, 4.69) is 0 Å². The summed E-state index contributed by atoms with van der Waals surface area (Å²) in [6, 6.07) is 3.15. The topological polar surface area (TPSA) is 55.8 Å². The number of aldehydes is 1. The molecule has 0 spiro atoms. The van der Waals surface area contributed by atoms with Crippen molar-refractivity contribution in [3.05, 3.63) is 22.7 Å². The molecule has 0 amide bonds. The summed E-state index contributed by atoms with van der Waals surface area (Å²) in [6.07, 6.45) is 3.13. The minimum Gasteiger partial charge on any atom is -0.493 e. The fraction of sp³-hybridized carbons (Fsp3) is 0.462. The Bertz CT molecular complexity index is 393. The number of unbranched alkanes of at least 4 members (excludes halogenated alkanes) is 2. The fourth-order valence-corrected chi connectivity index (χ4v) is 1.76. The molecule has 0 unspecified atom stereocenters. The Morgan fingerprint density at radius 1 is 1.33 bits per heavy atom. The molecular formula is C13H17ClO4. The highest BCUT2D eigenvalue weighted by Crippen LogP contribution is 2.33. The van der Waals surface area contributed by atoms with Crippen LogP contribution in [0.5, 0.6) is 11.5 Å². The molecule has 0 atom stereocenters. The van der Waals surface area contributed by atoms with Crippen molar-refractivity contribution in [2.75, 3.05) is 20.3 Å². The summed E-state index contributed by atoms with van der Waals surface area (Å²) in [7, 11) is 1.50. The van der Waals surface area contributed by atoms with E-state index in [0.717, 1.165) is 19.3 Å². The van der Waals surface area contributed by atoms with E-state index in [0.29, 0.717) is 35.0 Å². The Morgan fingerprint density at radius 3 is 2.72 bits per heavy atom. The van der Waals surface area contributed by atoms with Gasteiger partial charge in [0.1, 0.15) is 0 Å². The van der Waals surface area contributed by atoms with Crippen molar-refractivity contribution >= 4 is 17.9 Å². The van der Waals surface area contributed by atoms with Crippen LogP contribution >= 0.6 is 11.6 Å². The minimum absolute atomic E-state index is 0.184. The van der Waals surface area contributed by atoms with Crippen molar-refractivity contribution in [3.8, 4) is 11.5 Å². The van der Waals surface area contributed by atoms with E-state index in [1.165, 1.54) is 7.11 Å². The van der Waals surface area contributed by atoms with Gasteiger partial charge in [-0.2, -0.15) is 0 Å². The van der Waals surface area contributed by atoms with Crippen LogP contribution < -0.4 is 9.47 Å². The van der Waals surface area contributed by atoms with E-state index in [1.54, 1.807) is 12.1 Å². The van der Waals surface area contributed by atoms with E-state index >= 15 is 0 Å². The predicted octanol–water partition coefficient (Wildman–Crippen LogP) is 2.70. The molecule has 1 aromatic carbocycles. The third-order valence-corrected chi connectivity index (χ3v) is 2.66. The molecule has 0 aromatic heterocycles. The Balaban J connectivity index is 2.70. The molecule has 0 aliphatic carbocycles. The second kappa shape index (κ2) is 7.95. The molecule has 100 valence electrons. The number of carbonyl (C=O) groups is 1. The SMILES string of the molecule is COc1cc(Cl)cc(C=O)c1OCCCCCO. The summed E-state index contributed by atoms with van der Waals surface area (Å²) >= 11 is 5.86. The summed E-state index contributed by atoms with van der Waals surface area (Å²) in [5.74, 6) is 0.868. The lowest BCUT2D eigenvalue weighted by Gasteiger charge is -2.13. The zero-order valence-electron chi connectivity index (χ0n) is 10.3. The molecule has 1 rings (SSSR count). The van der Waals surface area contributed by atoms with Crippen molar-refractivity contribution in [1.29, 1.82) is 0 Å². The average molecular weight is 273 g/mol. The number of hydrogen-bond donors (Lipinski definition) is 1. The number of aliphatic hydroxyl groups is 1. The molecule has 0 saturated carbocycles. The Hall–Kier alpha value is -1.26. The first-order valence-corrected chi connectivity index (χ1v) is 6.17. The Kier molecular flexibility index (Phi) is 6.54. The normalized spacial score (nSPS) is 10.2. The molecule has 0 heterocycles. The summed E-state index contributed by atoms with van der Waals surface area (Å²) in [6.45, 7) is 0.655. The zero-order chi connectivity index (χ0) is 13.4. The van der Waals surface area contributed by atoms with Gasteiger partial charge in [0.15, 0.2) is 17.8 Å². The molecule has 0 bridgehead atoms. The second-order valence-electron chi connectivity index (χ2n) is 3.78. The highest BCUT2D eigenvalue weighted by atomic mass is 35.5. The lowest BCUT2D eigenvalue weighted by molar-refractivity contribution is 0.111. The monoisotopic (exact) mass is 272 g/mol. The molecule has 0 radical (unpaired) electrons. The first-order valence-electron chi connectivity index (χ1n) is 5.79. The van der Waals surface area contributed by atoms with Crippen LogP contribution in [-0.2, 0) is 0 Å². The Labute approximate surface area is 111 Å². The van der Waals surface area contributed by atoms with Crippen molar-refractivity contribution in [3.63, 3.8) is 0 Å². The van der Waals surface area contributed by atoms with Gasteiger partial charge in [-0.3, -0.25) is 4.79 Å². The average Bonchev–Trinajstić information content (AvgIpc) is 2.39. The van der Waals surface area contributed by atoms with Crippen molar-refractivity contribution in [2.24, 2.45) is 0 Å². The number of halogens is 1. The highest BCUT2D eigenvalue weighted by Gasteiger charge is 2.12. The third-order valence-electron chi connectivity index (χ3n) is 2.44. The predicted molar refractivity (Wildman–Crippen MR) is 69.8 cm³/mol. The molecular weight excluding hydrogens is 256 g/mol. The maximum atomic E-state index is 11.0. The van der Waals surface area contributed by atoms with Gasteiger partial charge in [0.2, 0.25) is 0 Å². The number of hydrogen-bond acceptors (Lipinski definition) is 4. The third kappa shape index (κ3) is 4.20. The van der Waals surface area contributed by atoms with Gasteiger partial charge in [-0.15, -0.1) is 0 Å². The summed E-state index contributed by atoms with van der Waals surface area (Å²) in [5, 5.41) is 9.09. The molecule has 0 saturated heterocycles. The summed E-state index contributed by atoms with van der Waals surface area (Å²) in [5.41, 5.74) is 0.376. The maximum Gasteiger partial charge on any atom is 0.171 e. The van der Waals surface area contributed by atoms with Gasteiger partial charge in [0, 0.05) is 17.7 Å². The van der Waals surface area contributed by atoms with Crippen molar-refractivity contribution in [2.45, 2.75) is 19.3 Å². The first kappa shape index (κ1) is 14.8. The number of rotatable bonds is 8. The fourth-order valence-electron chi connectivity index (χ4n) is 1.55. The van der Waals surface area contributed by atoms with Crippen LogP contribution in [-0.4, -0.2) is 31.7 Å². The van der Waals surface area contributed by atoms with E-state index in [1.807, 2.05) is 0 Å². The standard InChI is InChI=1S/C13H17ClO4/c1-17-12-8-11(14)7-10(9-16)13(12)18-6-4-2-3-5-15/h7-9,15H,2-6H2,1H3. The number of methoxy groups -OCH3 is 1. The van der Waals surface area contributed by atoms with Gasteiger partial charge in [-0.05, 0) is 25.3 Å². The number of carbonyl (C=O) groups excluding carboxylic acids is 1. The van der Waals surface area contributed by atoms with Crippen molar-refractivity contribution < 1.29 is 19.4 Å². The van der Waals surface area contributed by atoms with E-state index in [9.17, 15) is 4.79 Å². The van der Waals surface area contributed by atoms with Crippen LogP contribution in [0.15, 0.2) is 12.1 Å². The van der Waals surface area contributed by atoms with Crippen LogP contribution in [0.4, 0.5) is 0 Å². The van der Waals surface area contributed by atoms with Gasteiger partial charge in [-0.1, -0.05) is 11.6 Å². The Morgan fingerprint density at radius 2 is 2.11 bits per heavy atom. The van der Waals surface area contributed by atoms with Gasteiger partial charge < -0.3 is 14.6 Å². The van der Waals surface area contributed by atoms with Crippen LogP contribution in [0.1, 0.15) is 29.6 Å². The van der Waals surface area contributed by atoms with Gasteiger partial charge >= 0.3 is 0 Å². The summed E-state index contributed by atoms with van der Waals surface area (Å²) in [4.78, 5) is 11.0. The maximum absolute atomic E-state index is 11.0. The molecule has 4 nitrogen and oxygen atoms in total. The number of aliphatic hydroxyl groups excluding tert-OH is 1. The van der Waals surface area contributed by atoms with Crippen LogP contribution in [0.3, 0.4) is 0 Å². The smallest absolute Gasteiger partial charge is 0.171 e. The lowest BCUT2D eigenvalue weighted by atomic mass is 10.2. The molecule has 5 heteroatoms. The van der Waals surface area contributed by atoms with Gasteiger partial charge in [0.25, 0.3) is 0 Å². The van der Waals surface area contributed by atoms with Gasteiger partial charge in [0.05, 0.1) is 19.3 Å². The lowest BCUT2D eigenvalue weighted by Crippen LogP contribution is -2.02. The molecule has 0 aliphatic heterocycles.